The first-order valence-electron chi connectivity index (χ1n) is 9.13. The number of hydrogen-bond donors (Lipinski definition) is 2. The second-order valence-corrected chi connectivity index (χ2v) is 9.90. The van der Waals surface area contributed by atoms with E-state index in [2.05, 4.69) is 19.4 Å². The van der Waals surface area contributed by atoms with Crippen molar-refractivity contribution < 1.29 is 18.0 Å². The van der Waals surface area contributed by atoms with E-state index in [1.54, 1.807) is 54.6 Å². The lowest BCUT2D eigenvalue weighted by Crippen LogP contribution is -2.08. The first kappa shape index (κ1) is 22.3. The van der Waals surface area contributed by atoms with Gasteiger partial charge in [-0.3, -0.25) is 9.59 Å². The van der Waals surface area contributed by atoms with Crippen LogP contribution in [0.5, 0.6) is 0 Å². The van der Waals surface area contributed by atoms with Gasteiger partial charge in [-0.05, 0) is 59.2 Å². The number of rotatable bonds is 6. The summed E-state index contributed by atoms with van der Waals surface area (Å²) in [5, 5.41) is 5.71. The van der Waals surface area contributed by atoms with E-state index in [1.165, 1.54) is 32.2 Å². The molecule has 2 N–H and O–H groups in total. The minimum Gasteiger partial charge on any atom is -0.326 e. The van der Waals surface area contributed by atoms with Crippen LogP contribution in [0.3, 0.4) is 0 Å². The molecule has 0 radical (unpaired) electrons. The maximum absolute atomic E-state index is 12.9. The van der Waals surface area contributed by atoms with Gasteiger partial charge in [0.15, 0.2) is 0 Å². The minimum atomic E-state index is -3.96. The average molecular weight is 457 g/mol. The zero-order valence-corrected chi connectivity index (χ0v) is 18.4. The Kier molecular flexibility index (Phi) is 6.93. The second kappa shape index (κ2) is 9.63. The highest BCUT2D eigenvalue weighted by Gasteiger charge is 2.17. The van der Waals surface area contributed by atoms with Crippen LogP contribution in [0, 0.1) is 0 Å². The minimum absolute atomic E-state index is 0.0808. The quantitative estimate of drug-likeness (QED) is 0.588. The third-order valence-electron chi connectivity index (χ3n) is 3.87. The number of anilines is 2. The molecule has 10 heteroatoms. The Labute approximate surface area is 182 Å². The van der Waals surface area contributed by atoms with Crippen LogP contribution in [0.2, 0.25) is 0 Å². The number of aromatic nitrogens is 1. The molecule has 160 valence electrons. The van der Waals surface area contributed by atoms with E-state index in [1.807, 2.05) is 0 Å². The molecule has 0 aliphatic carbocycles. The van der Waals surface area contributed by atoms with Crippen molar-refractivity contribution in [1.82, 2.24) is 4.98 Å². The van der Waals surface area contributed by atoms with Crippen LogP contribution in [-0.2, 0) is 30.3 Å². The zero-order valence-electron chi connectivity index (χ0n) is 16.8. The van der Waals surface area contributed by atoms with Gasteiger partial charge < -0.3 is 10.6 Å². The van der Waals surface area contributed by atoms with E-state index in [4.69, 9.17) is 0 Å². The molecule has 1 aromatic heterocycles. The van der Waals surface area contributed by atoms with Gasteiger partial charge in [-0.2, -0.15) is 8.42 Å². The molecular formula is C21H20N4O4S2. The number of benzene rings is 2. The van der Waals surface area contributed by atoms with E-state index >= 15 is 0 Å². The van der Waals surface area contributed by atoms with Crippen molar-refractivity contribution in [3.63, 3.8) is 0 Å². The molecule has 0 saturated carbocycles. The average Bonchev–Trinajstić information content (AvgIpc) is 2.73. The van der Waals surface area contributed by atoms with Crippen LogP contribution in [-0.4, -0.2) is 25.2 Å². The Morgan fingerprint density at radius 2 is 1.42 bits per heavy atom. The van der Waals surface area contributed by atoms with Crippen molar-refractivity contribution in [2.45, 2.75) is 28.7 Å². The number of nitrogens with one attached hydrogen (secondary N) is 2. The summed E-state index contributed by atoms with van der Waals surface area (Å²) in [5.41, 5.74) is 1.08. The molecule has 3 rings (SSSR count). The van der Waals surface area contributed by atoms with Crippen molar-refractivity contribution in [3.05, 3.63) is 72.9 Å². The lowest BCUT2D eigenvalue weighted by molar-refractivity contribution is -0.115. The first-order valence-corrected chi connectivity index (χ1v) is 11.8. The lowest BCUT2D eigenvalue weighted by Gasteiger charge is -2.11. The molecule has 0 bridgehead atoms. The third-order valence-corrected chi connectivity index (χ3v) is 7.47. The number of amides is 2. The normalized spacial score (nSPS) is 12.2. The summed E-state index contributed by atoms with van der Waals surface area (Å²) >= 11 is 0. The van der Waals surface area contributed by atoms with Crippen LogP contribution in [0.25, 0.3) is 0 Å². The summed E-state index contributed by atoms with van der Waals surface area (Å²) < 4.78 is 30.0. The Bertz CT molecular complexity index is 1160. The Hall–Kier alpha value is -3.37. The molecule has 0 aliphatic heterocycles. The number of sulfonamides is 1. The lowest BCUT2D eigenvalue weighted by atomic mass is 10.3. The molecule has 0 fully saturated rings. The summed E-state index contributed by atoms with van der Waals surface area (Å²) in [5.74, 6) is -0.447. The molecule has 8 nitrogen and oxygen atoms in total. The van der Waals surface area contributed by atoms with Gasteiger partial charge in [-0.25, -0.2) is 4.98 Å². The smallest absolute Gasteiger partial charge is 0.288 e. The second-order valence-electron chi connectivity index (χ2n) is 6.42. The standard InChI is InChI=1S/C21H20N4O4S2/c1-15(26)23-17-8-11-19(12-9-17)30(21-13-10-18(14-22-21)24-16(2)27)25-31(28,29)20-6-4-3-5-7-20/h3-14H,1-2H3,(H,23,26)(H,24,27). The number of carbonyl (C=O) groups is 2. The largest absolute Gasteiger partial charge is 0.326 e. The Balaban J connectivity index is 2.08. The van der Waals surface area contributed by atoms with Gasteiger partial charge in [0, 0.05) is 24.4 Å². The number of nitrogens with zero attached hydrogens (tertiary/aromatic N) is 2. The Morgan fingerprint density at radius 1 is 0.839 bits per heavy atom. The van der Waals surface area contributed by atoms with Crippen molar-refractivity contribution in [1.29, 1.82) is 0 Å². The molecule has 0 aliphatic rings. The predicted octanol–water partition coefficient (Wildman–Crippen LogP) is 3.61. The van der Waals surface area contributed by atoms with E-state index in [0.29, 0.717) is 21.3 Å². The molecule has 1 heterocycles. The summed E-state index contributed by atoms with van der Waals surface area (Å²) in [6, 6.07) is 17.9. The van der Waals surface area contributed by atoms with Crippen molar-refractivity contribution in [2.24, 2.45) is 3.77 Å². The van der Waals surface area contributed by atoms with E-state index in [9.17, 15) is 18.0 Å². The molecular weight excluding hydrogens is 436 g/mol. The van der Waals surface area contributed by atoms with Gasteiger partial charge >= 0.3 is 0 Å². The SMILES string of the molecule is CC(=O)Nc1ccc(/S(=N/S(=O)(=O)c2ccccc2)c2ccc(NC(C)=O)cn2)cc1. The van der Waals surface area contributed by atoms with Crippen LogP contribution >= 0.6 is 0 Å². The maximum atomic E-state index is 12.9. The monoisotopic (exact) mass is 456 g/mol. The van der Waals surface area contributed by atoms with Crippen LogP contribution in [0.15, 0.2) is 91.5 Å². The molecule has 0 spiro atoms. The fourth-order valence-electron chi connectivity index (χ4n) is 2.58. The third kappa shape index (κ3) is 6.06. The highest BCUT2D eigenvalue weighted by Crippen LogP contribution is 2.24. The first-order chi connectivity index (χ1) is 14.7. The summed E-state index contributed by atoms with van der Waals surface area (Å²) in [7, 11) is -5.22. The highest BCUT2D eigenvalue weighted by molar-refractivity contribution is 8.00. The number of carbonyl (C=O) groups excluding carboxylic acids is 2. The predicted molar refractivity (Wildman–Crippen MR) is 119 cm³/mol. The van der Waals surface area contributed by atoms with Crippen molar-refractivity contribution in [3.8, 4) is 0 Å². The van der Waals surface area contributed by atoms with E-state index in [0.717, 1.165) is 0 Å². The molecule has 3 aromatic rings. The van der Waals surface area contributed by atoms with Gasteiger partial charge in [0.2, 0.25) is 11.8 Å². The van der Waals surface area contributed by atoms with Gasteiger partial charge in [0.05, 0.1) is 16.8 Å². The van der Waals surface area contributed by atoms with Crippen LogP contribution in [0.4, 0.5) is 11.4 Å². The van der Waals surface area contributed by atoms with Crippen LogP contribution in [0.1, 0.15) is 13.8 Å². The topological polar surface area (TPSA) is 118 Å². The maximum Gasteiger partial charge on any atom is 0.288 e. The van der Waals surface area contributed by atoms with Crippen LogP contribution < -0.4 is 10.6 Å². The van der Waals surface area contributed by atoms with Gasteiger partial charge in [0.25, 0.3) is 10.0 Å². The molecule has 0 saturated heterocycles. The van der Waals surface area contributed by atoms with E-state index in [-0.39, 0.29) is 16.7 Å². The highest BCUT2D eigenvalue weighted by atomic mass is 32.3. The number of pyridine rings is 1. The molecule has 1 atom stereocenters. The molecule has 31 heavy (non-hydrogen) atoms. The zero-order chi connectivity index (χ0) is 22.4. The summed E-state index contributed by atoms with van der Waals surface area (Å²) in [6.07, 6.45) is 1.45. The molecule has 1 unspecified atom stereocenters. The molecule has 2 aromatic carbocycles. The molecule has 2 amide bonds. The fourth-order valence-corrected chi connectivity index (χ4v) is 5.84. The van der Waals surface area contributed by atoms with Crippen molar-refractivity contribution in [2.75, 3.05) is 10.6 Å². The summed E-state index contributed by atoms with van der Waals surface area (Å²) in [6.45, 7) is 2.79. The Morgan fingerprint density at radius 3 is 1.97 bits per heavy atom. The van der Waals surface area contributed by atoms with Gasteiger partial charge in [0.1, 0.15) is 5.03 Å². The van der Waals surface area contributed by atoms with Crippen molar-refractivity contribution >= 4 is 43.9 Å². The van der Waals surface area contributed by atoms with E-state index < -0.39 is 20.7 Å². The fraction of sp³-hybridized carbons (Fsp3) is 0.0952. The number of hydrogen-bond acceptors (Lipinski definition) is 5. The van der Waals surface area contributed by atoms with Gasteiger partial charge in [-0.15, -0.1) is 3.77 Å². The summed E-state index contributed by atoms with van der Waals surface area (Å²) in [4.78, 5) is 27.5. The van der Waals surface area contributed by atoms with Gasteiger partial charge in [-0.1, -0.05) is 18.2 Å².